The molecule has 0 aliphatic rings. The van der Waals surface area contributed by atoms with Crippen molar-refractivity contribution >= 4 is 12.4 Å². The van der Waals surface area contributed by atoms with Gasteiger partial charge < -0.3 is 5.73 Å². The monoisotopic (exact) mass is 225 g/mol. The van der Waals surface area contributed by atoms with Crippen LogP contribution in [0.15, 0.2) is 12.1 Å². The summed E-state index contributed by atoms with van der Waals surface area (Å²) in [5.74, 6) is -1.56. The van der Waals surface area contributed by atoms with Gasteiger partial charge in [-0.3, -0.25) is 0 Å². The quantitative estimate of drug-likeness (QED) is 0.823. The molecule has 0 fully saturated rings. The van der Waals surface area contributed by atoms with Gasteiger partial charge in [-0.1, -0.05) is 6.07 Å². The molecule has 1 aromatic carbocycles. The molecule has 0 heterocycles. The summed E-state index contributed by atoms with van der Waals surface area (Å²) >= 11 is 0. The topological polar surface area (TPSA) is 26.0 Å². The lowest BCUT2D eigenvalue weighted by Gasteiger charge is -2.11. The summed E-state index contributed by atoms with van der Waals surface area (Å²) in [6, 6.07) is 1.16. The van der Waals surface area contributed by atoms with E-state index >= 15 is 0 Å². The molecule has 0 unspecified atom stereocenters. The van der Waals surface area contributed by atoms with Crippen molar-refractivity contribution < 1.29 is 13.2 Å². The Morgan fingerprint density at radius 2 is 1.93 bits per heavy atom. The van der Waals surface area contributed by atoms with E-state index in [0.717, 1.165) is 6.07 Å². The normalized spacial score (nSPS) is 12.1. The second-order valence-corrected chi connectivity index (χ2v) is 2.85. The predicted octanol–water partition coefficient (Wildman–Crippen LogP) is 2.66. The van der Waals surface area contributed by atoms with E-state index < -0.39 is 24.4 Å². The Bertz CT molecular complexity index is 317. The van der Waals surface area contributed by atoms with E-state index in [1.54, 1.807) is 0 Å². The second kappa shape index (κ2) is 5.22. The number of alkyl halides is 1. The van der Waals surface area contributed by atoms with E-state index in [0.29, 0.717) is 0 Å². The minimum absolute atomic E-state index is 0. The summed E-state index contributed by atoms with van der Waals surface area (Å²) in [7, 11) is 0. The van der Waals surface area contributed by atoms with Crippen LogP contribution in [0.1, 0.15) is 17.2 Å². The molecule has 1 atom stereocenters. The molecule has 80 valence electrons. The maximum absolute atomic E-state index is 13.2. The van der Waals surface area contributed by atoms with Crippen molar-refractivity contribution in [2.75, 3.05) is 6.67 Å². The first-order chi connectivity index (χ1) is 6.07. The highest BCUT2D eigenvalue weighted by Gasteiger charge is 2.17. The van der Waals surface area contributed by atoms with Crippen LogP contribution in [-0.2, 0) is 0 Å². The molecule has 0 aliphatic heterocycles. The number of nitrogens with two attached hydrogens (primary N) is 1. The van der Waals surface area contributed by atoms with Crippen LogP contribution in [0, 0.1) is 18.6 Å². The summed E-state index contributed by atoms with van der Waals surface area (Å²) < 4.78 is 38.3. The van der Waals surface area contributed by atoms with Gasteiger partial charge >= 0.3 is 0 Å². The minimum atomic E-state index is -1.22. The van der Waals surface area contributed by atoms with Gasteiger partial charge in [0.15, 0.2) is 0 Å². The van der Waals surface area contributed by atoms with Crippen molar-refractivity contribution in [2.24, 2.45) is 5.73 Å². The Labute approximate surface area is 86.5 Å². The van der Waals surface area contributed by atoms with Crippen molar-refractivity contribution in [3.05, 3.63) is 34.9 Å². The summed E-state index contributed by atoms with van der Waals surface area (Å²) in [6.07, 6.45) is 0. The third kappa shape index (κ3) is 2.39. The van der Waals surface area contributed by atoms with Gasteiger partial charge in [-0.15, -0.1) is 12.4 Å². The minimum Gasteiger partial charge on any atom is -0.322 e. The number of rotatable bonds is 2. The van der Waals surface area contributed by atoms with Crippen LogP contribution >= 0.6 is 12.4 Å². The van der Waals surface area contributed by atoms with E-state index in [2.05, 4.69) is 0 Å². The summed E-state index contributed by atoms with van der Waals surface area (Å²) in [4.78, 5) is 0. The van der Waals surface area contributed by atoms with E-state index in [-0.39, 0.29) is 23.5 Å². The van der Waals surface area contributed by atoms with Crippen LogP contribution in [0.5, 0.6) is 0 Å². The highest BCUT2D eigenvalue weighted by Crippen LogP contribution is 2.21. The number of hydrogen-bond donors (Lipinski definition) is 1. The molecule has 1 rings (SSSR count). The Kier molecular flexibility index (Phi) is 4.94. The average molecular weight is 226 g/mol. The first-order valence-corrected chi connectivity index (χ1v) is 3.84. The molecule has 0 aromatic heterocycles. The molecule has 0 bridgehead atoms. The third-order valence-electron chi connectivity index (χ3n) is 1.86. The van der Waals surface area contributed by atoms with Crippen LogP contribution in [0.4, 0.5) is 13.2 Å². The molecule has 14 heavy (non-hydrogen) atoms. The van der Waals surface area contributed by atoms with E-state index in [4.69, 9.17) is 5.73 Å². The highest BCUT2D eigenvalue weighted by molar-refractivity contribution is 5.85. The molecule has 0 saturated heterocycles. The van der Waals surface area contributed by atoms with Crippen LogP contribution < -0.4 is 5.73 Å². The van der Waals surface area contributed by atoms with Gasteiger partial charge in [-0.2, -0.15) is 0 Å². The number of benzene rings is 1. The fraction of sp³-hybridized carbons (Fsp3) is 0.333. The zero-order valence-corrected chi connectivity index (χ0v) is 8.38. The van der Waals surface area contributed by atoms with Crippen LogP contribution in [-0.4, -0.2) is 6.67 Å². The van der Waals surface area contributed by atoms with Crippen LogP contribution in [0.25, 0.3) is 0 Å². The van der Waals surface area contributed by atoms with Crippen LogP contribution in [0.3, 0.4) is 0 Å². The van der Waals surface area contributed by atoms with Gasteiger partial charge in [-0.25, -0.2) is 13.2 Å². The maximum atomic E-state index is 13.2. The van der Waals surface area contributed by atoms with Crippen molar-refractivity contribution in [3.8, 4) is 0 Å². The van der Waals surface area contributed by atoms with Crippen molar-refractivity contribution in [3.63, 3.8) is 0 Å². The molecule has 0 amide bonds. The second-order valence-electron chi connectivity index (χ2n) is 2.85. The Balaban J connectivity index is 0.00000169. The lowest BCUT2D eigenvalue weighted by molar-refractivity contribution is 0.412. The summed E-state index contributed by atoms with van der Waals surface area (Å²) in [6.45, 7) is 0.501. The fourth-order valence-electron chi connectivity index (χ4n) is 1.10. The number of aryl methyl sites for hydroxylation is 1. The van der Waals surface area contributed by atoms with E-state index in [1.165, 1.54) is 13.0 Å². The van der Waals surface area contributed by atoms with Crippen molar-refractivity contribution in [1.82, 2.24) is 0 Å². The largest absolute Gasteiger partial charge is 0.322 e. The van der Waals surface area contributed by atoms with Gasteiger partial charge in [0.05, 0.1) is 6.04 Å². The smallest absolute Gasteiger partial charge is 0.133 e. The first-order valence-electron chi connectivity index (χ1n) is 3.84. The molecular formula is C9H11ClF3N. The molecule has 1 aromatic rings. The molecule has 0 aliphatic carbocycles. The van der Waals surface area contributed by atoms with Gasteiger partial charge in [0.1, 0.15) is 18.3 Å². The highest BCUT2D eigenvalue weighted by atomic mass is 35.5. The van der Waals surface area contributed by atoms with E-state index in [1.807, 2.05) is 0 Å². The predicted molar refractivity (Wildman–Crippen MR) is 51.2 cm³/mol. The van der Waals surface area contributed by atoms with Gasteiger partial charge in [-0.05, 0) is 18.6 Å². The Morgan fingerprint density at radius 3 is 2.43 bits per heavy atom. The molecule has 1 nitrogen and oxygen atoms in total. The zero-order chi connectivity index (χ0) is 10.0. The van der Waals surface area contributed by atoms with Crippen LogP contribution in [0.2, 0.25) is 0 Å². The lowest BCUT2D eigenvalue weighted by Crippen LogP contribution is -2.16. The SMILES string of the molecule is Cc1ccc(F)c([C@H](N)CF)c1F.Cl. The molecule has 2 N–H and O–H groups in total. The average Bonchev–Trinajstić information content (AvgIpc) is 2.12. The Hall–Kier alpha value is -0.740. The lowest BCUT2D eigenvalue weighted by atomic mass is 10.0. The first kappa shape index (κ1) is 13.3. The third-order valence-corrected chi connectivity index (χ3v) is 1.86. The van der Waals surface area contributed by atoms with Crippen molar-refractivity contribution in [2.45, 2.75) is 13.0 Å². The van der Waals surface area contributed by atoms with Gasteiger partial charge in [0, 0.05) is 5.56 Å². The fourth-order valence-corrected chi connectivity index (χ4v) is 1.10. The molecular weight excluding hydrogens is 215 g/mol. The van der Waals surface area contributed by atoms with Gasteiger partial charge in [0.2, 0.25) is 0 Å². The molecule has 0 saturated carbocycles. The molecule has 0 radical (unpaired) electrons. The number of halogens is 4. The summed E-state index contributed by atoms with van der Waals surface area (Å²) in [5, 5.41) is 0. The molecule has 5 heteroatoms. The van der Waals surface area contributed by atoms with Gasteiger partial charge in [0.25, 0.3) is 0 Å². The van der Waals surface area contributed by atoms with Crippen molar-refractivity contribution in [1.29, 1.82) is 0 Å². The Morgan fingerprint density at radius 1 is 1.36 bits per heavy atom. The molecule has 0 spiro atoms. The van der Waals surface area contributed by atoms with E-state index in [9.17, 15) is 13.2 Å². The summed E-state index contributed by atoms with van der Waals surface area (Å²) in [5.41, 5.74) is 5.10. The zero-order valence-electron chi connectivity index (χ0n) is 7.56. The number of hydrogen-bond acceptors (Lipinski definition) is 1. The maximum Gasteiger partial charge on any atom is 0.133 e. The standard InChI is InChI=1S/C9H10F3N.ClH/c1-5-2-3-6(11)8(9(5)12)7(13)4-10;/h2-3,7H,4,13H2,1H3;1H/t7-;/m1./s1.